The molecule has 0 saturated heterocycles. The highest BCUT2D eigenvalue weighted by Gasteiger charge is 2.21. The maximum absolute atomic E-state index is 9.83. The molecule has 1 aliphatic rings. The van der Waals surface area contributed by atoms with Crippen LogP contribution in [0.1, 0.15) is 36.8 Å². The normalized spacial score (nSPS) is 24.8. The third kappa shape index (κ3) is 3.53. The van der Waals surface area contributed by atoms with Crippen LogP contribution in [0.5, 0.6) is 0 Å². The van der Waals surface area contributed by atoms with Crippen molar-refractivity contribution in [2.45, 2.75) is 51.0 Å². The number of hydrogen-bond donors (Lipinski definition) is 3. The molecule has 1 aromatic carbocycles. The van der Waals surface area contributed by atoms with Gasteiger partial charge in [-0.1, -0.05) is 37.1 Å². The minimum absolute atomic E-state index is 0.0923. The van der Waals surface area contributed by atoms with Crippen molar-refractivity contribution < 1.29 is 10.2 Å². The van der Waals surface area contributed by atoms with Crippen LogP contribution in [0.3, 0.4) is 0 Å². The van der Waals surface area contributed by atoms with E-state index in [1.165, 1.54) is 12.0 Å². The van der Waals surface area contributed by atoms with Crippen LogP contribution in [-0.4, -0.2) is 22.4 Å². The number of rotatable bonds is 4. The van der Waals surface area contributed by atoms with E-state index in [1.54, 1.807) is 0 Å². The molecule has 0 radical (unpaired) electrons. The summed E-state index contributed by atoms with van der Waals surface area (Å²) in [6, 6.07) is 8.16. The molecular weight excluding hydrogens is 214 g/mol. The fourth-order valence-corrected chi connectivity index (χ4v) is 2.36. The molecule has 2 rings (SSSR count). The second-order valence-corrected chi connectivity index (χ2v) is 4.81. The first-order valence-corrected chi connectivity index (χ1v) is 6.39. The topological polar surface area (TPSA) is 52.5 Å². The van der Waals surface area contributed by atoms with Crippen LogP contribution in [0, 0.1) is 0 Å². The summed E-state index contributed by atoms with van der Waals surface area (Å²) in [5, 5.41) is 22.2. The number of hydrogen-bond acceptors (Lipinski definition) is 3. The molecule has 0 spiro atoms. The molecule has 0 bridgehead atoms. The molecule has 0 unspecified atom stereocenters. The third-order valence-electron chi connectivity index (χ3n) is 3.50. The van der Waals surface area contributed by atoms with E-state index < -0.39 is 0 Å². The highest BCUT2D eigenvalue weighted by Crippen LogP contribution is 2.18. The Balaban J connectivity index is 1.84. The third-order valence-corrected chi connectivity index (χ3v) is 3.50. The first-order valence-electron chi connectivity index (χ1n) is 6.39. The van der Waals surface area contributed by atoms with Gasteiger partial charge in [0.15, 0.2) is 0 Å². The lowest BCUT2D eigenvalue weighted by Crippen LogP contribution is -2.41. The molecule has 94 valence electrons. The van der Waals surface area contributed by atoms with Crippen molar-refractivity contribution in [1.29, 1.82) is 0 Å². The Morgan fingerprint density at radius 3 is 2.35 bits per heavy atom. The summed E-state index contributed by atoms with van der Waals surface area (Å²) in [7, 11) is 0. The van der Waals surface area contributed by atoms with Crippen LogP contribution in [0.15, 0.2) is 24.3 Å². The van der Waals surface area contributed by atoms with Crippen LogP contribution in [0.4, 0.5) is 0 Å². The Morgan fingerprint density at radius 1 is 1.06 bits per heavy atom. The van der Waals surface area contributed by atoms with Gasteiger partial charge in [-0.2, -0.15) is 0 Å². The van der Waals surface area contributed by atoms with E-state index in [1.807, 2.05) is 24.3 Å². The van der Waals surface area contributed by atoms with E-state index in [4.69, 9.17) is 5.11 Å². The van der Waals surface area contributed by atoms with Crippen molar-refractivity contribution in [3.8, 4) is 0 Å². The van der Waals surface area contributed by atoms with E-state index in [-0.39, 0.29) is 18.8 Å². The molecule has 3 nitrogen and oxygen atoms in total. The molecule has 0 heterocycles. The summed E-state index contributed by atoms with van der Waals surface area (Å²) in [6.45, 7) is 0.877. The van der Waals surface area contributed by atoms with E-state index in [0.717, 1.165) is 31.4 Å². The number of benzene rings is 1. The second-order valence-electron chi connectivity index (χ2n) is 4.81. The quantitative estimate of drug-likeness (QED) is 0.742. The predicted octanol–water partition coefficient (Wildman–Crippen LogP) is 1.57. The fraction of sp³-hybridized carbons (Fsp3) is 0.571. The Morgan fingerprint density at radius 2 is 1.71 bits per heavy atom. The average Bonchev–Trinajstić information content (AvgIpc) is 2.38. The predicted molar refractivity (Wildman–Crippen MR) is 67.5 cm³/mol. The number of aliphatic hydroxyl groups is 2. The molecule has 3 N–H and O–H groups in total. The van der Waals surface area contributed by atoms with Gasteiger partial charge in [0.25, 0.3) is 0 Å². The van der Waals surface area contributed by atoms with Crippen molar-refractivity contribution in [1.82, 2.24) is 5.32 Å². The monoisotopic (exact) mass is 235 g/mol. The molecule has 0 aliphatic heterocycles. The van der Waals surface area contributed by atoms with Gasteiger partial charge in [-0.25, -0.2) is 0 Å². The smallest absolute Gasteiger partial charge is 0.0693 e. The summed E-state index contributed by atoms with van der Waals surface area (Å²) in [4.78, 5) is 0. The summed E-state index contributed by atoms with van der Waals surface area (Å²) >= 11 is 0. The van der Waals surface area contributed by atoms with Crippen LogP contribution in [0.25, 0.3) is 0 Å². The van der Waals surface area contributed by atoms with Gasteiger partial charge in [0.2, 0.25) is 0 Å². The van der Waals surface area contributed by atoms with Gasteiger partial charge in [0.1, 0.15) is 0 Å². The van der Waals surface area contributed by atoms with E-state index in [9.17, 15) is 5.11 Å². The zero-order valence-corrected chi connectivity index (χ0v) is 10.1. The molecule has 1 saturated carbocycles. The maximum atomic E-state index is 9.83. The summed E-state index contributed by atoms with van der Waals surface area (Å²) in [5.41, 5.74) is 2.13. The molecule has 3 heteroatoms. The van der Waals surface area contributed by atoms with Gasteiger partial charge in [-0.05, 0) is 24.0 Å². The lowest BCUT2D eigenvalue weighted by Gasteiger charge is -2.28. The van der Waals surface area contributed by atoms with Gasteiger partial charge in [-0.3, -0.25) is 0 Å². The SMILES string of the molecule is OCc1ccc(CN[C@H]2CCCC[C@@H]2O)cc1. The van der Waals surface area contributed by atoms with Gasteiger partial charge >= 0.3 is 0 Å². The molecular formula is C14H21NO2. The Labute approximate surface area is 102 Å². The molecule has 2 atom stereocenters. The van der Waals surface area contributed by atoms with Crippen molar-refractivity contribution in [2.75, 3.05) is 0 Å². The zero-order chi connectivity index (χ0) is 12.1. The number of nitrogens with one attached hydrogen (secondary N) is 1. The van der Waals surface area contributed by atoms with E-state index in [0.29, 0.717) is 0 Å². The van der Waals surface area contributed by atoms with Crippen LogP contribution in [0.2, 0.25) is 0 Å². The summed E-state index contributed by atoms with van der Waals surface area (Å²) in [6.07, 6.45) is 4.14. The van der Waals surface area contributed by atoms with Crippen molar-refractivity contribution in [2.24, 2.45) is 0 Å². The average molecular weight is 235 g/mol. The van der Waals surface area contributed by atoms with Crippen LogP contribution in [-0.2, 0) is 13.2 Å². The van der Waals surface area contributed by atoms with Crippen molar-refractivity contribution >= 4 is 0 Å². The highest BCUT2D eigenvalue weighted by atomic mass is 16.3. The maximum Gasteiger partial charge on any atom is 0.0693 e. The van der Waals surface area contributed by atoms with Gasteiger partial charge in [-0.15, -0.1) is 0 Å². The van der Waals surface area contributed by atoms with Crippen molar-refractivity contribution in [3.05, 3.63) is 35.4 Å². The summed E-state index contributed by atoms with van der Waals surface area (Å²) in [5.74, 6) is 0. The Kier molecular flexibility index (Phi) is 4.54. The fourth-order valence-electron chi connectivity index (χ4n) is 2.36. The Hall–Kier alpha value is -0.900. The molecule has 0 amide bonds. The van der Waals surface area contributed by atoms with Crippen LogP contribution >= 0.6 is 0 Å². The summed E-state index contributed by atoms with van der Waals surface area (Å²) < 4.78 is 0. The van der Waals surface area contributed by atoms with Crippen LogP contribution < -0.4 is 5.32 Å². The molecule has 1 aromatic rings. The molecule has 0 aromatic heterocycles. The standard InChI is InChI=1S/C14H21NO2/c16-10-12-7-5-11(6-8-12)9-15-13-3-1-2-4-14(13)17/h5-8,13-17H,1-4,9-10H2/t13-,14-/m0/s1. The van der Waals surface area contributed by atoms with E-state index in [2.05, 4.69) is 5.32 Å². The largest absolute Gasteiger partial charge is 0.392 e. The lowest BCUT2D eigenvalue weighted by molar-refractivity contribution is 0.0902. The second kappa shape index (κ2) is 6.15. The molecule has 17 heavy (non-hydrogen) atoms. The molecule has 1 aliphatic carbocycles. The van der Waals surface area contributed by atoms with Gasteiger partial charge < -0.3 is 15.5 Å². The minimum atomic E-state index is -0.194. The Bertz CT molecular complexity index is 337. The highest BCUT2D eigenvalue weighted by molar-refractivity contribution is 5.21. The minimum Gasteiger partial charge on any atom is -0.392 e. The first kappa shape index (κ1) is 12.6. The zero-order valence-electron chi connectivity index (χ0n) is 10.1. The van der Waals surface area contributed by atoms with Gasteiger partial charge in [0.05, 0.1) is 12.7 Å². The first-order chi connectivity index (χ1) is 8.29. The van der Waals surface area contributed by atoms with E-state index >= 15 is 0 Å². The lowest BCUT2D eigenvalue weighted by atomic mass is 9.92. The number of aliphatic hydroxyl groups excluding tert-OH is 2. The van der Waals surface area contributed by atoms with Crippen molar-refractivity contribution in [3.63, 3.8) is 0 Å². The van der Waals surface area contributed by atoms with Gasteiger partial charge in [0, 0.05) is 12.6 Å². The molecule has 1 fully saturated rings.